The average molecular weight is 283 g/mol. The number of aryl methyl sites for hydroxylation is 1. The largest absolute Gasteiger partial charge is 0.508 e. The molecule has 0 aliphatic heterocycles. The van der Waals surface area contributed by atoms with Crippen LogP contribution in [0.25, 0.3) is 0 Å². The molecule has 0 amide bonds. The molecule has 1 atom stereocenters. The van der Waals surface area contributed by atoms with Crippen LogP contribution in [0.4, 0.5) is 5.69 Å². The molecule has 0 spiro atoms. The van der Waals surface area contributed by atoms with Gasteiger partial charge < -0.3 is 15.5 Å². The van der Waals surface area contributed by atoms with Crippen molar-refractivity contribution in [1.29, 1.82) is 0 Å². The van der Waals surface area contributed by atoms with Crippen molar-refractivity contribution in [3.8, 4) is 5.75 Å². The Kier molecular flexibility index (Phi) is 3.52. The van der Waals surface area contributed by atoms with E-state index < -0.39 is 5.97 Å². The Labute approximate surface area is 123 Å². The smallest absolute Gasteiger partial charge is 0.337 e. The Morgan fingerprint density at radius 1 is 1.19 bits per heavy atom. The summed E-state index contributed by atoms with van der Waals surface area (Å²) in [6.07, 6.45) is 2.91. The van der Waals surface area contributed by atoms with Crippen molar-refractivity contribution in [1.82, 2.24) is 0 Å². The van der Waals surface area contributed by atoms with E-state index in [4.69, 9.17) is 0 Å². The predicted molar refractivity (Wildman–Crippen MR) is 80.8 cm³/mol. The van der Waals surface area contributed by atoms with Crippen molar-refractivity contribution in [2.75, 3.05) is 5.32 Å². The number of benzene rings is 2. The minimum Gasteiger partial charge on any atom is -0.508 e. The Balaban J connectivity index is 1.92. The van der Waals surface area contributed by atoms with Gasteiger partial charge in [0, 0.05) is 5.69 Å². The van der Waals surface area contributed by atoms with Gasteiger partial charge in [0.1, 0.15) is 5.75 Å². The van der Waals surface area contributed by atoms with E-state index in [9.17, 15) is 15.0 Å². The fourth-order valence-electron chi connectivity index (χ4n) is 2.93. The van der Waals surface area contributed by atoms with Crippen LogP contribution >= 0.6 is 0 Å². The maximum atomic E-state index is 11.3. The lowest BCUT2D eigenvalue weighted by molar-refractivity contribution is 0.0698. The van der Waals surface area contributed by atoms with Crippen LogP contribution in [-0.4, -0.2) is 16.2 Å². The number of carboxylic acids is 1. The van der Waals surface area contributed by atoms with Gasteiger partial charge in [0.05, 0.1) is 11.6 Å². The van der Waals surface area contributed by atoms with Crippen LogP contribution < -0.4 is 5.32 Å². The van der Waals surface area contributed by atoms with Crippen molar-refractivity contribution in [2.24, 2.45) is 0 Å². The lowest BCUT2D eigenvalue weighted by Crippen LogP contribution is -2.18. The maximum absolute atomic E-state index is 11.3. The zero-order valence-corrected chi connectivity index (χ0v) is 11.5. The molecule has 4 heteroatoms. The highest BCUT2D eigenvalue weighted by Crippen LogP contribution is 2.34. The maximum Gasteiger partial charge on any atom is 0.337 e. The number of hydrogen-bond donors (Lipinski definition) is 3. The lowest BCUT2D eigenvalue weighted by atomic mass is 9.87. The standard InChI is InChI=1S/C17H17NO3/c19-12-8-9-13-11(10-12)4-3-7-15(13)18-16-6-2-1-5-14(16)17(20)21/h1-2,5-6,8-10,15,18-19H,3-4,7H2,(H,20,21). The Morgan fingerprint density at radius 3 is 2.81 bits per heavy atom. The molecule has 1 aliphatic carbocycles. The van der Waals surface area contributed by atoms with Gasteiger partial charge in [-0.1, -0.05) is 18.2 Å². The molecule has 0 heterocycles. The zero-order chi connectivity index (χ0) is 14.8. The summed E-state index contributed by atoms with van der Waals surface area (Å²) in [6.45, 7) is 0. The number of anilines is 1. The highest BCUT2D eigenvalue weighted by Gasteiger charge is 2.21. The number of carboxylic acid groups (broad SMARTS) is 1. The SMILES string of the molecule is O=C(O)c1ccccc1NC1CCCc2cc(O)ccc21. The normalized spacial score (nSPS) is 17.0. The number of carbonyl (C=O) groups is 1. The van der Waals surface area contributed by atoms with Gasteiger partial charge in [0.25, 0.3) is 0 Å². The monoisotopic (exact) mass is 283 g/mol. The molecule has 2 aromatic rings. The van der Waals surface area contributed by atoms with E-state index in [2.05, 4.69) is 5.32 Å². The number of phenols is 1. The average Bonchev–Trinajstić information content (AvgIpc) is 2.47. The molecule has 3 N–H and O–H groups in total. The second-order valence-electron chi connectivity index (χ2n) is 5.32. The number of phenolic OH excluding ortho intramolecular Hbond substituents is 1. The summed E-state index contributed by atoms with van der Waals surface area (Å²) in [5.41, 5.74) is 3.19. The number of para-hydroxylation sites is 1. The van der Waals surface area contributed by atoms with E-state index in [-0.39, 0.29) is 17.4 Å². The van der Waals surface area contributed by atoms with Crippen molar-refractivity contribution in [3.63, 3.8) is 0 Å². The summed E-state index contributed by atoms with van der Waals surface area (Å²) in [5.74, 6) is -0.653. The molecule has 0 saturated carbocycles. The first-order valence-corrected chi connectivity index (χ1v) is 7.06. The van der Waals surface area contributed by atoms with Crippen LogP contribution in [0.1, 0.15) is 40.4 Å². The van der Waals surface area contributed by atoms with Gasteiger partial charge in [0.2, 0.25) is 0 Å². The van der Waals surface area contributed by atoms with E-state index >= 15 is 0 Å². The van der Waals surface area contributed by atoms with Gasteiger partial charge in [0.15, 0.2) is 0 Å². The molecule has 1 aliphatic rings. The van der Waals surface area contributed by atoms with E-state index in [1.807, 2.05) is 12.1 Å². The van der Waals surface area contributed by atoms with Crippen LogP contribution in [0.5, 0.6) is 5.75 Å². The quantitative estimate of drug-likeness (QED) is 0.805. The van der Waals surface area contributed by atoms with Gasteiger partial charge in [-0.05, 0) is 54.7 Å². The fraction of sp³-hybridized carbons (Fsp3) is 0.235. The molecular weight excluding hydrogens is 266 g/mol. The number of aromatic carboxylic acids is 1. The molecule has 4 nitrogen and oxygen atoms in total. The number of nitrogens with one attached hydrogen (secondary N) is 1. The number of rotatable bonds is 3. The summed E-state index contributed by atoms with van der Waals surface area (Å²) in [4.78, 5) is 11.3. The molecule has 21 heavy (non-hydrogen) atoms. The van der Waals surface area contributed by atoms with E-state index in [0.29, 0.717) is 5.69 Å². The van der Waals surface area contributed by atoms with Gasteiger partial charge in [-0.15, -0.1) is 0 Å². The number of hydrogen-bond acceptors (Lipinski definition) is 3. The molecule has 1 unspecified atom stereocenters. The molecule has 3 rings (SSSR count). The van der Waals surface area contributed by atoms with Gasteiger partial charge >= 0.3 is 5.97 Å². The summed E-state index contributed by atoms with van der Waals surface area (Å²) in [7, 11) is 0. The second kappa shape index (κ2) is 5.48. The Morgan fingerprint density at radius 2 is 2.00 bits per heavy atom. The summed E-state index contributed by atoms with van der Waals surface area (Å²) >= 11 is 0. The highest BCUT2D eigenvalue weighted by molar-refractivity contribution is 5.94. The van der Waals surface area contributed by atoms with Gasteiger partial charge in [-0.2, -0.15) is 0 Å². The molecular formula is C17H17NO3. The van der Waals surface area contributed by atoms with Crippen LogP contribution in [0, 0.1) is 0 Å². The molecule has 0 bridgehead atoms. The Hall–Kier alpha value is -2.49. The van der Waals surface area contributed by atoms with Crippen LogP contribution in [-0.2, 0) is 6.42 Å². The molecule has 0 saturated heterocycles. The highest BCUT2D eigenvalue weighted by atomic mass is 16.4. The van der Waals surface area contributed by atoms with E-state index in [0.717, 1.165) is 30.4 Å². The van der Waals surface area contributed by atoms with Crippen molar-refractivity contribution in [3.05, 3.63) is 59.2 Å². The molecule has 0 radical (unpaired) electrons. The van der Waals surface area contributed by atoms with Gasteiger partial charge in [-0.3, -0.25) is 0 Å². The number of fused-ring (bicyclic) bond motifs is 1. The molecule has 108 valence electrons. The molecule has 0 fully saturated rings. The summed E-state index contributed by atoms with van der Waals surface area (Å²) in [5, 5.41) is 22.2. The van der Waals surface area contributed by atoms with Crippen LogP contribution in [0.15, 0.2) is 42.5 Å². The van der Waals surface area contributed by atoms with E-state index in [1.54, 1.807) is 30.3 Å². The van der Waals surface area contributed by atoms with Crippen LogP contribution in [0.2, 0.25) is 0 Å². The topological polar surface area (TPSA) is 69.6 Å². The molecule has 0 aromatic heterocycles. The summed E-state index contributed by atoms with van der Waals surface area (Å²) < 4.78 is 0. The first kappa shape index (κ1) is 13.5. The third kappa shape index (κ3) is 2.70. The molecule has 2 aromatic carbocycles. The van der Waals surface area contributed by atoms with Gasteiger partial charge in [-0.25, -0.2) is 4.79 Å². The van der Waals surface area contributed by atoms with Crippen molar-refractivity contribution >= 4 is 11.7 Å². The third-order valence-corrected chi connectivity index (χ3v) is 3.93. The van der Waals surface area contributed by atoms with E-state index in [1.165, 1.54) is 0 Å². The minimum atomic E-state index is -0.931. The fourth-order valence-corrected chi connectivity index (χ4v) is 2.93. The zero-order valence-electron chi connectivity index (χ0n) is 11.5. The minimum absolute atomic E-state index is 0.0786. The lowest BCUT2D eigenvalue weighted by Gasteiger charge is -2.28. The first-order valence-electron chi connectivity index (χ1n) is 7.06. The third-order valence-electron chi connectivity index (χ3n) is 3.93. The number of aromatic hydroxyl groups is 1. The van der Waals surface area contributed by atoms with Crippen LogP contribution in [0.3, 0.4) is 0 Å². The van der Waals surface area contributed by atoms with Crippen molar-refractivity contribution < 1.29 is 15.0 Å². The van der Waals surface area contributed by atoms with Crippen molar-refractivity contribution in [2.45, 2.75) is 25.3 Å². The second-order valence-corrected chi connectivity index (χ2v) is 5.32. The first-order chi connectivity index (χ1) is 10.1. The summed E-state index contributed by atoms with van der Waals surface area (Å²) in [6, 6.07) is 12.4. The Bertz CT molecular complexity index is 681. The predicted octanol–water partition coefficient (Wildman–Crippen LogP) is 3.58.